The lowest BCUT2D eigenvalue weighted by atomic mass is 9.95. The van der Waals surface area contributed by atoms with Crippen LogP contribution in [0.3, 0.4) is 0 Å². The summed E-state index contributed by atoms with van der Waals surface area (Å²) in [5.41, 5.74) is 0.663. The zero-order valence-electron chi connectivity index (χ0n) is 16.1. The summed E-state index contributed by atoms with van der Waals surface area (Å²) in [7, 11) is 0. The normalized spacial score (nSPS) is 28.6. The molecule has 2 heterocycles. The van der Waals surface area contributed by atoms with Crippen molar-refractivity contribution in [1.29, 1.82) is 0 Å². The number of carbonyl (C=O) groups excluding carboxylic acids is 1. The smallest absolute Gasteiger partial charge is 0.271 e. The van der Waals surface area contributed by atoms with E-state index >= 15 is 0 Å². The number of aliphatic hydroxyl groups is 2. The number of β-amino-alcohol motifs (C(OH)–C–C–N with tert-alkyl or cyclic N) is 1. The van der Waals surface area contributed by atoms with Crippen LogP contribution in [-0.2, 0) is 0 Å². The van der Waals surface area contributed by atoms with Gasteiger partial charge in [-0.05, 0) is 23.8 Å². The van der Waals surface area contributed by atoms with Crippen molar-refractivity contribution in [1.82, 2.24) is 20.2 Å². The number of hydrogen-bond acceptors (Lipinski definition) is 6. The summed E-state index contributed by atoms with van der Waals surface area (Å²) in [5.74, 6) is -0.0906. The van der Waals surface area contributed by atoms with Gasteiger partial charge in [-0.15, -0.1) is 0 Å². The van der Waals surface area contributed by atoms with Gasteiger partial charge in [0.25, 0.3) is 11.5 Å². The van der Waals surface area contributed by atoms with E-state index in [1.807, 2.05) is 18.2 Å². The van der Waals surface area contributed by atoms with E-state index in [-0.39, 0.29) is 41.0 Å². The molecule has 4 rings (SSSR count). The first-order chi connectivity index (χ1) is 14.1. The van der Waals surface area contributed by atoms with Gasteiger partial charge >= 0.3 is 0 Å². The average molecular weight is 398 g/mol. The van der Waals surface area contributed by atoms with Crippen LogP contribution in [0, 0.1) is 11.3 Å². The first-order valence-corrected chi connectivity index (χ1v) is 9.95. The lowest BCUT2D eigenvalue weighted by molar-refractivity contribution is 0.0933. The minimum Gasteiger partial charge on any atom is -0.396 e. The van der Waals surface area contributed by atoms with Gasteiger partial charge in [-0.1, -0.05) is 30.3 Å². The van der Waals surface area contributed by atoms with Crippen molar-refractivity contribution in [3.63, 3.8) is 0 Å². The van der Waals surface area contributed by atoms with Crippen LogP contribution in [0.25, 0.3) is 0 Å². The molecule has 1 saturated carbocycles. The number of nitrogens with one attached hydrogen (secondary N) is 2. The topological polar surface area (TPSA) is 119 Å². The van der Waals surface area contributed by atoms with Gasteiger partial charge in [0.15, 0.2) is 0 Å². The molecule has 1 amide bonds. The van der Waals surface area contributed by atoms with Crippen molar-refractivity contribution in [3.05, 3.63) is 64.3 Å². The van der Waals surface area contributed by atoms with Crippen LogP contribution in [0.2, 0.25) is 0 Å². The minimum absolute atomic E-state index is 0.103. The summed E-state index contributed by atoms with van der Waals surface area (Å²) in [6.45, 7) is 2.62. The number of H-pyrrole nitrogens is 1. The predicted octanol–water partition coefficient (Wildman–Crippen LogP) is -0.0414. The van der Waals surface area contributed by atoms with Crippen LogP contribution in [0.1, 0.15) is 28.4 Å². The number of nitrogens with zero attached hydrogens (tertiary/aromatic N) is 2. The molecule has 1 saturated heterocycles. The Labute approximate surface area is 168 Å². The zero-order chi connectivity index (χ0) is 20.4. The number of likely N-dealkylation sites (tertiary alicyclic amines) is 1. The first kappa shape index (κ1) is 19.8. The fourth-order valence-corrected chi connectivity index (χ4v) is 4.92. The standard InChI is InChI=1S/C21H26N4O4/c26-8-4-7-25-12-17(27)21(13-25)15(19(21)14-5-2-1-3-6-14)9-24-20(29)16-10-23-18(28)11-22-16/h1-3,5-6,10-11,15,17,19,26-27H,4,7-9,12-13H2,(H,23,28)(H,24,29)/t15-,17+,19-,21-/m1/s1. The number of benzene rings is 1. The van der Waals surface area contributed by atoms with Crippen molar-refractivity contribution in [2.45, 2.75) is 18.4 Å². The molecule has 0 unspecified atom stereocenters. The first-order valence-electron chi connectivity index (χ1n) is 9.95. The maximum absolute atomic E-state index is 12.4. The van der Waals surface area contributed by atoms with E-state index in [2.05, 4.69) is 32.3 Å². The molecule has 8 nitrogen and oxygen atoms in total. The van der Waals surface area contributed by atoms with E-state index in [0.29, 0.717) is 19.5 Å². The van der Waals surface area contributed by atoms with Gasteiger partial charge in [0, 0.05) is 44.4 Å². The Balaban J connectivity index is 1.50. The van der Waals surface area contributed by atoms with Crippen molar-refractivity contribution < 1.29 is 15.0 Å². The SMILES string of the molecule is O=C(NC[C@@H]1[C@@H](c2ccccc2)[C@]12CN(CCCO)C[C@@H]2O)c1c[nH]c(=O)cn1. The highest BCUT2D eigenvalue weighted by Gasteiger charge is 2.70. The van der Waals surface area contributed by atoms with Gasteiger partial charge in [0.1, 0.15) is 5.69 Å². The van der Waals surface area contributed by atoms with E-state index in [4.69, 9.17) is 5.11 Å². The van der Waals surface area contributed by atoms with Crippen LogP contribution in [0.15, 0.2) is 47.5 Å². The summed E-state index contributed by atoms with van der Waals surface area (Å²) in [5, 5.41) is 23.0. The second-order valence-corrected chi connectivity index (χ2v) is 7.94. The predicted molar refractivity (Wildman–Crippen MR) is 106 cm³/mol. The van der Waals surface area contributed by atoms with Crippen molar-refractivity contribution in [2.24, 2.45) is 11.3 Å². The van der Waals surface area contributed by atoms with E-state index in [1.165, 1.54) is 6.20 Å². The highest BCUT2D eigenvalue weighted by molar-refractivity contribution is 5.91. The van der Waals surface area contributed by atoms with Crippen LogP contribution >= 0.6 is 0 Å². The second-order valence-electron chi connectivity index (χ2n) is 7.94. The van der Waals surface area contributed by atoms with Crippen LogP contribution in [0.5, 0.6) is 0 Å². The Bertz CT molecular complexity index is 898. The minimum atomic E-state index is -0.487. The van der Waals surface area contributed by atoms with Gasteiger partial charge in [-0.25, -0.2) is 4.98 Å². The van der Waals surface area contributed by atoms with Crippen LogP contribution in [0.4, 0.5) is 0 Å². The Hall–Kier alpha value is -2.55. The molecule has 1 spiro atoms. The molecule has 2 fully saturated rings. The maximum Gasteiger partial charge on any atom is 0.271 e. The molecule has 1 aromatic heterocycles. The summed E-state index contributed by atoms with van der Waals surface area (Å²) in [6, 6.07) is 10.1. The highest BCUT2D eigenvalue weighted by Crippen LogP contribution is 2.68. The molecule has 29 heavy (non-hydrogen) atoms. The molecular formula is C21H26N4O4. The average Bonchev–Trinajstić information content (AvgIpc) is 3.26. The third kappa shape index (κ3) is 3.71. The Morgan fingerprint density at radius 2 is 2.14 bits per heavy atom. The van der Waals surface area contributed by atoms with Crippen LogP contribution < -0.4 is 10.9 Å². The van der Waals surface area contributed by atoms with Crippen LogP contribution in [-0.4, -0.2) is 69.9 Å². The van der Waals surface area contributed by atoms with Gasteiger partial charge in [-0.3, -0.25) is 14.5 Å². The number of amides is 1. The van der Waals surface area contributed by atoms with Crippen molar-refractivity contribution in [2.75, 3.05) is 32.8 Å². The molecule has 4 atom stereocenters. The summed E-state index contributed by atoms with van der Waals surface area (Å²) >= 11 is 0. The molecule has 4 N–H and O–H groups in total. The lowest BCUT2D eigenvalue weighted by Gasteiger charge is -2.16. The Kier molecular flexibility index (Phi) is 5.49. The van der Waals surface area contributed by atoms with Gasteiger partial charge in [-0.2, -0.15) is 0 Å². The molecule has 1 aliphatic carbocycles. The third-order valence-corrected chi connectivity index (χ3v) is 6.29. The Morgan fingerprint density at radius 1 is 1.34 bits per heavy atom. The fraction of sp³-hybridized carbons (Fsp3) is 0.476. The number of aromatic amines is 1. The summed E-state index contributed by atoms with van der Waals surface area (Å²) in [6.07, 6.45) is 2.58. The van der Waals surface area contributed by atoms with E-state index in [9.17, 15) is 14.7 Å². The molecular weight excluding hydrogens is 372 g/mol. The lowest BCUT2D eigenvalue weighted by Crippen LogP contribution is -2.31. The molecule has 2 aromatic rings. The summed E-state index contributed by atoms with van der Waals surface area (Å²) in [4.78, 5) is 32.1. The number of rotatable bonds is 7. The molecule has 1 aliphatic heterocycles. The molecule has 1 aromatic carbocycles. The molecule has 154 valence electrons. The number of aliphatic hydroxyl groups excluding tert-OH is 2. The number of hydrogen-bond donors (Lipinski definition) is 4. The van der Waals surface area contributed by atoms with E-state index in [1.54, 1.807) is 0 Å². The number of aromatic nitrogens is 2. The molecule has 0 bridgehead atoms. The van der Waals surface area contributed by atoms with E-state index < -0.39 is 6.10 Å². The van der Waals surface area contributed by atoms with Crippen molar-refractivity contribution in [3.8, 4) is 0 Å². The quantitative estimate of drug-likeness (QED) is 0.520. The van der Waals surface area contributed by atoms with Crippen molar-refractivity contribution >= 4 is 5.91 Å². The highest BCUT2D eigenvalue weighted by atomic mass is 16.3. The number of carbonyl (C=O) groups is 1. The zero-order valence-corrected chi connectivity index (χ0v) is 16.1. The monoisotopic (exact) mass is 398 g/mol. The third-order valence-electron chi connectivity index (χ3n) is 6.29. The van der Waals surface area contributed by atoms with E-state index in [0.717, 1.165) is 24.8 Å². The maximum atomic E-state index is 12.4. The van der Waals surface area contributed by atoms with Gasteiger partial charge in [0.05, 0.1) is 12.3 Å². The van der Waals surface area contributed by atoms with Gasteiger partial charge < -0.3 is 20.5 Å². The van der Waals surface area contributed by atoms with Gasteiger partial charge in [0.2, 0.25) is 0 Å². The largest absolute Gasteiger partial charge is 0.396 e. The Morgan fingerprint density at radius 3 is 2.83 bits per heavy atom. The molecule has 2 aliphatic rings. The molecule has 0 radical (unpaired) electrons. The second kappa shape index (κ2) is 8.06. The molecule has 8 heteroatoms. The summed E-state index contributed by atoms with van der Waals surface area (Å²) < 4.78 is 0. The fourth-order valence-electron chi connectivity index (χ4n) is 4.92.